The van der Waals surface area contributed by atoms with Gasteiger partial charge in [0, 0.05) is 28.2 Å². The quantitative estimate of drug-likeness (QED) is 0.669. The molecule has 0 saturated carbocycles. The van der Waals surface area contributed by atoms with E-state index in [9.17, 15) is 4.79 Å². The fourth-order valence-corrected chi connectivity index (χ4v) is 4.04. The number of hydrogen-bond donors (Lipinski definition) is 1. The molecule has 1 aliphatic heterocycles. The average molecular weight is 410 g/mol. The number of nitriles is 1. The molecule has 29 heavy (non-hydrogen) atoms. The van der Waals surface area contributed by atoms with E-state index in [1.54, 1.807) is 11.8 Å². The Morgan fingerprint density at radius 1 is 1.31 bits per heavy atom. The summed E-state index contributed by atoms with van der Waals surface area (Å²) < 4.78 is 10.7. The van der Waals surface area contributed by atoms with Crippen molar-refractivity contribution < 1.29 is 14.3 Å². The van der Waals surface area contributed by atoms with Gasteiger partial charge in [0.05, 0.1) is 6.61 Å². The van der Waals surface area contributed by atoms with Crippen LogP contribution in [-0.2, 0) is 11.2 Å². The van der Waals surface area contributed by atoms with Gasteiger partial charge in [-0.2, -0.15) is 5.26 Å². The number of rotatable bonds is 4. The third-order valence-electron chi connectivity index (χ3n) is 5.09. The normalized spacial score (nSPS) is 15.6. The van der Waals surface area contributed by atoms with Crippen LogP contribution >= 0.6 is 11.6 Å². The van der Waals surface area contributed by atoms with Crippen LogP contribution in [-0.4, -0.2) is 35.7 Å². The lowest BCUT2D eigenvalue weighted by Gasteiger charge is -2.35. The predicted octanol–water partition coefficient (Wildman–Crippen LogP) is 4.83. The van der Waals surface area contributed by atoms with Gasteiger partial charge in [-0.05, 0) is 54.8 Å². The molecule has 1 aromatic heterocycles. The monoisotopic (exact) mass is 409 g/mol. The molecule has 0 bridgehead atoms. The molecule has 1 unspecified atom stereocenters. The van der Waals surface area contributed by atoms with Crippen LogP contribution in [0.1, 0.15) is 29.8 Å². The first kappa shape index (κ1) is 19.2. The van der Waals surface area contributed by atoms with Gasteiger partial charge < -0.3 is 14.5 Å². The number of hydrogen-bond acceptors (Lipinski definition) is 4. The number of carbonyl (C=O) groups is 1. The minimum absolute atomic E-state index is 0.00927. The van der Waals surface area contributed by atoms with E-state index in [0.717, 1.165) is 27.7 Å². The van der Waals surface area contributed by atoms with Crippen LogP contribution < -0.4 is 4.74 Å². The second-order valence-corrected chi connectivity index (χ2v) is 7.20. The second kappa shape index (κ2) is 8.06. The first-order valence-electron chi connectivity index (χ1n) is 9.45. The van der Waals surface area contributed by atoms with Crippen molar-refractivity contribution in [1.82, 2.24) is 9.88 Å². The van der Waals surface area contributed by atoms with Crippen LogP contribution in [0.15, 0.2) is 42.5 Å². The molecule has 7 heteroatoms. The lowest BCUT2D eigenvalue weighted by Crippen LogP contribution is -2.40. The van der Waals surface area contributed by atoms with Gasteiger partial charge in [-0.1, -0.05) is 23.7 Å². The SMILES string of the molecule is CCOC(=O)N1CCc2c([nH]c3ccc(Cl)cc23)C1c1ccc(OCC#N)cc1. The molecule has 0 aliphatic carbocycles. The molecule has 2 aromatic carbocycles. The molecule has 148 valence electrons. The number of fused-ring (bicyclic) bond motifs is 3. The van der Waals surface area contributed by atoms with E-state index in [2.05, 4.69) is 4.98 Å². The molecule has 0 radical (unpaired) electrons. The summed E-state index contributed by atoms with van der Waals surface area (Å²) in [6, 6.07) is 14.9. The van der Waals surface area contributed by atoms with E-state index in [1.165, 1.54) is 0 Å². The van der Waals surface area contributed by atoms with Crippen molar-refractivity contribution in [2.45, 2.75) is 19.4 Å². The molecule has 0 saturated heterocycles. The Balaban J connectivity index is 1.79. The lowest BCUT2D eigenvalue weighted by molar-refractivity contribution is 0.0932. The van der Waals surface area contributed by atoms with Gasteiger partial charge in [-0.3, -0.25) is 4.90 Å². The fourth-order valence-electron chi connectivity index (χ4n) is 3.87. The van der Waals surface area contributed by atoms with Gasteiger partial charge in [0.1, 0.15) is 17.9 Å². The highest BCUT2D eigenvalue weighted by Crippen LogP contribution is 2.39. The number of benzene rings is 2. The first-order chi connectivity index (χ1) is 14.1. The zero-order valence-electron chi connectivity index (χ0n) is 15.9. The first-order valence-corrected chi connectivity index (χ1v) is 9.83. The molecule has 3 aromatic rings. The highest BCUT2D eigenvalue weighted by Gasteiger charge is 2.35. The van der Waals surface area contributed by atoms with Crippen molar-refractivity contribution in [1.29, 1.82) is 5.26 Å². The summed E-state index contributed by atoms with van der Waals surface area (Å²) in [5, 5.41) is 10.4. The summed E-state index contributed by atoms with van der Waals surface area (Å²) in [6.45, 7) is 2.65. The van der Waals surface area contributed by atoms with Crippen LogP contribution in [0, 0.1) is 11.3 Å². The molecule has 2 heterocycles. The highest BCUT2D eigenvalue weighted by molar-refractivity contribution is 6.31. The summed E-state index contributed by atoms with van der Waals surface area (Å²) >= 11 is 6.22. The predicted molar refractivity (Wildman–Crippen MR) is 110 cm³/mol. The Bertz CT molecular complexity index is 1090. The number of carbonyl (C=O) groups excluding carboxylic acids is 1. The Kier molecular flexibility index (Phi) is 5.32. The highest BCUT2D eigenvalue weighted by atomic mass is 35.5. The topological polar surface area (TPSA) is 78.3 Å². The molecule has 0 fully saturated rings. The fraction of sp³-hybridized carbons (Fsp3) is 0.273. The summed E-state index contributed by atoms with van der Waals surface area (Å²) in [5.41, 5.74) is 4.05. The maximum absolute atomic E-state index is 12.7. The van der Waals surface area contributed by atoms with Crippen molar-refractivity contribution in [3.05, 3.63) is 64.3 Å². The molecular weight excluding hydrogens is 390 g/mol. The van der Waals surface area contributed by atoms with E-state index in [-0.39, 0.29) is 18.7 Å². The van der Waals surface area contributed by atoms with Crippen LogP contribution in [0.2, 0.25) is 5.02 Å². The van der Waals surface area contributed by atoms with Crippen molar-refractivity contribution in [3.63, 3.8) is 0 Å². The largest absolute Gasteiger partial charge is 0.479 e. The Morgan fingerprint density at radius 3 is 2.83 bits per heavy atom. The van der Waals surface area contributed by atoms with E-state index in [1.807, 2.05) is 48.5 Å². The van der Waals surface area contributed by atoms with Gasteiger partial charge >= 0.3 is 6.09 Å². The van der Waals surface area contributed by atoms with E-state index >= 15 is 0 Å². The molecule has 1 N–H and O–H groups in total. The maximum Gasteiger partial charge on any atom is 0.410 e. The molecule has 1 aliphatic rings. The number of aromatic nitrogens is 1. The van der Waals surface area contributed by atoms with E-state index in [4.69, 9.17) is 26.3 Å². The van der Waals surface area contributed by atoms with E-state index in [0.29, 0.717) is 30.3 Å². The minimum atomic E-state index is -0.343. The Hall–Kier alpha value is -3.17. The zero-order chi connectivity index (χ0) is 20.4. The van der Waals surface area contributed by atoms with Crippen molar-refractivity contribution in [2.75, 3.05) is 19.8 Å². The number of aromatic amines is 1. The standard InChI is InChI=1S/C22H20ClN3O3/c1-2-28-22(27)26-11-9-17-18-13-15(23)5-8-19(18)25-20(17)21(26)14-3-6-16(7-4-14)29-12-10-24/h3-8,13,21,25H,2,9,11-12H2,1H3. The maximum atomic E-state index is 12.7. The second-order valence-electron chi connectivity index (χ2n) is 6.77. The number of ether oxygens (including phenoxy) is 2. The zero-order valence-corrected chi connectivity index (χ0v) is 16.7. The number of nitrogens with one attached hydrogen (secondary N) is 1. The molecule has 6 nitrogen and oxygen atoms in total. The summed E-state index contributed by atoms with van der Waals surface area (Å²) in [5.74, 6) is 0.609. The number of nitrogens with zero attached hydrogens (tertiary/aromatic N) is 2. The van der Waals surface area contributed by atoms with Crippen LogP contribution in [0.4, 0.5) is 4.79 Å². The van der Waals surface area contributed by atoms with Gasteiger partial charge in [0.25, 0.3) is 0 Å². The van der Waals surface area contributed by atoms with E-state index < -0.39 is 0 Å². The van der Waals surface area contributed by atoms with Crippen LogP contribution in [0.5, 0.6) is 5.75 Å². The average Bonchev–Trinajstić information content (AvgIpc) is 3.10. The lowest BCUT2D eigenvalue weighted by atomic mass is 9.92. The molecule has 0 spiro atoms. The third kappa shape index (κ3) is 3.62. The smallest absolute Gasteiger partial charge is 0.410 e. The minimum Gasteiger partial charge on any atom is -0.479 e. The van der Waals surface area contributed by atoms with Crippen LogP contribution in [0.3, 0.4) is 0 Å². The molecule has 4 rings (SSSR count). The van der Waals surface area contributed by atoms with Gasteiger partial charge in [-0.25, -0.2) is 4.79 Å². The van der Waals surface area contributed by atoms with Crippen molar-refractivity contribution in [3.8, 4) is 11.8 Å². The van der Waals surface area contributed by atoms with Crippen molar-refractivity contribution in [2.24, 2.45) is 0 Å². The van der Waals surface area contributed by atoms with Crippen LogP contribution in [0.25, 0.3) is 10.9 Å². The molecular formula is C22H20ClN3O3. The summed E-state index contributed by atoms with van der Waals surface area (Å²) in [6.07, 6.45) is 0.374. The van der Waals surface area contributed by atoms with Gasteiger partial charge in [0.15, 0.2) is 6.61 Å². The third-order valence-corrected chi connectivity index (χ3v) is 5.33. The molecule has 1 atom stereocenters. The Labute approximate surface area is 173 Å². The Morgan fingerprint density at radius 2 is 2.10 bits per heavy atom. The van der Waals surface area contributed by atoms with Gasteiger partial charge in [0.2, 0.25) is 0 Å². The van der Waals surface area contributed by atoms with Gasteiger partial charge in [-0.15, -0.1) is 0 Å². The summed E-state index contributed by atoms with van der Waals surface area (Å²) in [7, 11) is 0. The molecule has 1 amide bonds. The number of amides is 1. The summed E-state index contributed by atoms with van der Waals surface area (Å²) in [4.78, 5) is 17.9. The number of H-pyrrole nitrogens is 1. The number of halogens is 1. The van der Waals surface area contributed by atoms with Crippen molar-refractivity contribution >= 4 is 28.6 Å².